The smallest absolute Gasteiger partial charge is 0.309 e. The summed E-state index contributed by atoms with van der Waals surface area (Å²) in [6, 6.07) is 12.9. The van der Waals surface area contributed by atoms with Crippen LogP contribution in [0.2, 0.25) is 0 Å². The highest BCUT2D eigenvalue weighted by atomic mass is 32.2. The molecule has 0 spiro atoms. The van der Waals surface area contributed by atoms with Crippen LogP contribution >= 0.6 is 11.8 Å². The fourth-order valence-electron chi connectivity index (χ4n) is 3.10. The quantitative estimate of drug-likeness (QED) is 0.421. The molecule has 0 atom stereocenters. The molecule has 144 valence electrons. The normalized spacial score (nSPS) is 14.4. The summed E-state index contributed by atoms with van der Waals surface area (Å²) in [5, 5.41) is 8.84. The Hall–Kier alpha value is -2.85. The number of anilines is 1. The molecule has 6 nitrogen and oxygen atoms in total. The van der Waals surface area contributed by atoms with Gasteiger partial charge in [-0.05, 0) is 43.4 Å². The summed E-state index contributed by atoms with van der Waals surface area (Å²) in [4.78, 5) is 32.0. The molecule has 0 radical (unpaired) electrons. The highest BCUT2D eigenvalue weighted by Gasteiger charge is 2.27. The molecule has 0 bridgehead atoms. The van der Waals surface area contributed by atoms with E-state index in [1.165, 1.54) is 0 Å². The Balaban J connectivity index is 1.46. The lowest BCUT2D eigenvalue weighted by molar-refractivity contribution is -0.148. The Bertz CT molecular complexity index is 867. The summed E-state index contributed by atoms with van der Waals surface area (Å²) in [6.45, 7) is 1.14. The molecular weight excluding hydrogens is 374 g/mol. The zero-order chi connectivity index (χ0) is 19.9. The molecule has 28 heavy (non-hydrogen) atoms. The van der Waals surface area contributed by atoms with E-state index in [9.17, 15) is 9.59 Å². The van der Waals surface area contributed by atoms with Gasteiger partial charge in [-0.15, -0.1) is 11.8 Å². The second kappa shape index (κ2) is 9.38. The van der Waals surface area contributed by atoms with Gasteiger partial charge in [0.1, 0.15) is 11.9 Å². The van der Waals surface area contributed by atoms with Gasteiger partial charge in [-0.1, -0.05) is 12.1 Å². The molecule has 1 aromatic carbocycles. The number of esters is 1. The van der Waals surface area contributed by atoms with Crippen molar-refractivity contribution in [2.45, 2.75) is 17.7 Å². The fraction of sp³-hybridized carbons (Fsp3) is 0.333. The summed E-state index contributed by atoms with van der Waals surface area (Å²) < 4.78 is 5.26. The van der Waals surface area contributed by atoms with Gasteiger partial charge in [0, 0.05) is 29.7 Å². The Kier molecular flexibility index (Phi) is 6.66. The number of carbonyl (C=O) groups is 2. The molecule has 0 aliphatic carbocycles. The van der Waals surface area contributed by atoms with E-state index in [2.05, 4.69) is 9.88 Å². The maximum Gasteiger partial charge on any atom is 0.309 e. The number of hydrogen-bond acceptors (Lipinski definition) is 7. The lowest BCUT2D eigenvalue weighted by atomic mass is 9.97. The number of thioether (sulfide) groups is 1. The minimum atomic E-state index is -0.318. The van der Waals surface area contributed by atoms with E-state index in [4.69, 9.17) is 10.00 Å². The number of hydrogen-bond donors (Lipinski definition) is 0. The first-order chi connectivity index (χ1) is 13.6. The summed E-state index contributed by atoms with van der Waals surface area (Å²) in [5.74, 6) is 0.0812. The maximum absolute atomic E-state index is 12.3. The van der Waals surface area contributed by atoms with Crippen LogP contribution in [0.1, 0.15) is 28.8 Å². The Morgan fingerprint density at radius 1 is 1.21 bits per heavy atom. The van der Waals surface area contributed by atoms with Crippen molar-refractivity contribution in [2.75, 3.05) is 30.9 Å². The van der Waals surface area contributed by atoms with Gasteiger partial charge < -0.3 is 9.64 Å². The van der Waals surface area contributed by atoms with Crippen molar-refractivity contribution >= 4 is 29.3 Å². The van der Waals surface area contributed by atoms with Crippen LogP contribution in [0.25, 0.3) is 0 Å². The van der Waals surface area contributed by atoms with E-state index >= 15 is 0 Å². The highest BCUT2D eigenvalue weighted by Crippen LogP contribution is 2.23. The number of ketones is 1. The van der Waals surface area contributed by atoms with Crippen molar-refractivity contribution < 1.29 is 14.3 Å². The van der Waals surface area contributed by atoms with Crippen LogP contribution in [-0.2, 0) is 9.53 Å². The molecule has 0 saturated carbocycles. The van der Waals surface area contributed by atoms with Gasteiger partial charge in [-0.25, -0.2) is 4.98 Å². The van der Waals surface area contributed by atoms with Crippen molar-refractivity contribution in [1.29, 1.82) is 5.26 Å². The topological polar surface area (TPSA) is 83.3 Å². The zero-order valence-corrected chi connectivity index (χ0v) is 16.4. The lowest BCUT2D eigenvalue weighted by Gasteiger charge is -2.31. The molecule has 7 heteroatoms. The first kappa shape index (κ1) is 19.9. The number of nitrogens with zero attached hydrogens (tertiary/aromatic N) is 3. The maximum atomic E-state index is 12.3. The number of nitriles is 1. The number of aromatic nitrogens is 1. The van der Waals surface area contributed by atoms with Crippen LogP contribution < -0.4 is 4.90 Å². The van der Waals surface area contributed by atoms with Crippen molar-refractivity contribution in [3.05, 3.63) is 53.7 Å². The third-order valence-corrected chi connectivity index (χ3v) is 5.53. The van der Waals surface area contributed by atoms with Crippen molar-refractivity contribution in [2.24, 2.45) is 5.92 Å². The number of ether oxygens (including phenoxy) is 1. The first-order valence-electron chi connectivity index (χ1n) is 9.05. The molecule has 1 aromatic heterocycles. The molecule has 0 unspecified atom stereocenters. The van der Waals surface area contributed by atoms with Crippen LogP contribution in [0.3, 0.4) is 0 Å². The predicted octanol–water partition coefficient (Wildman–Crippen LogP) is 3.32. The van der Waals surface area contributed by atoms with Crippen LogP contribution in [-0.4, -0.2) is 42.7 Å². The van der Waals surface area contributed by atoms with Crippen LogP contribution in [0.4, 0.5) is 5.82 Å². The van der Waals surface area contributed by atoms with E-state index in [0.717, 1.165) is 10.7 Å². The van der Waals surface area contributed by atoms with Gasteiger partial charge in [-0.2, -0.15) is 5.26 Å². The Labute approximate surface area is 168 Å². The molecule has 3 rings (SSSR count). The molecule has 1 fully saturated rings. The average Bonchev–Trinajstić information content (AvgIpc) is 2.77. The minimum Gasteiger partial charge on any atom is -0.457 e. The van der Waals surface area contributed by atoms with Crippen LogP contribution in [0.15, 0.2) is 47.5 Å². The molecule has 2 heterocycles. The predicted molar refractivity (Wildman–Crippen MR) is 107 cm³/mol. The summed E-state index contributed by atoms with van der Waals surface area (Å²) in [7, 11) is 0. The average molecular weight is 395 g/mol. The number of Topliss-reactive ketones (excluding diaryl/α,β-unsaturated/α-hetero) is 1. The third kappa shape index (κ3) is 4.90. The second-order valence-corrected chi connectivity index (χ2v) is 7.42. The van der Waals surface area contributed by atoms with Gasteiger partial charge in [0.2, 0.25) is 0 Å². The lowest BCUT2D eigenvalue weighted by Crippen LogP contribution is -2.37. The van der Waals surface area contributed by atoms with Gasteiger partial charge >= 0.3 is 5.97 Å². The molecule has 2 aromatic rings. The molecular formula is C21H21N3O3S. The molecule has 1 saturated heterocycles. The SMILES string of the molecule is CSc1ccc(C(=O)COC(=O)C2CCN(c3ccc(C#N)cn3)CC2)cc1. The van der Waals surface area contributed by atoms with E-state index < -0.39 is 0 Å². The van der Waals surface area contributed by atoms with Crippen molar-refractivity contribution in [3.63, 3.8) is 0 Å². The van der Waals surface area contributed by atoms with Gasteiger partial charge in [0.05, 0.1) is 11.5 Å². The number of pyridine rings is 1. The second-order valence-electron chi connectivity index (χ2n) is 6.54. The van der Waals surface area contributed by atoms with Gasteiger partial charge in [0.15, 0.2) is 12.4 Å². The van der Waals surface area contributed by atoms with E-state index in [1.54, 1.807) is 36.2 Å². The zero-order valence-electron chi connectivity index (χ0n) is 15.6. The largest absolute Gasteiger partial charge is 0.457 e. The third-order valence-electron chi connectivity index (χ3n) is 4.79. The van der Waals surface area contributed by atoms with Gasteiger partial charge in [0.25, 0.3) is 0 Å². The standard InChI is InChI=1S/C21H21N3O3S/c1-28-18-5-3-16(4-6-18)19(25)14-27-21(26)17-8-10-24(11-9-17)20-7-2-15(12-22)13-23-20/h2-7,13,17H,8-11,14H2,1H3. The van der Waals surface area contributed by atoms with Crippen LogP contribution in [0, 0.1) is 17.2 Å². The number of benzene rings is 1. The molecule has 1 aliphatic rings. The number of piperidine rings is 1. The van der Waals surface area contributed by atoms with Crippen molar-refractivity contribution in [1.82, 2.24) is 4.98 Å². The Morgan fingerprint density at radius 3 is 2.50 bits per heavy atom. The Morgan fingerprint density at radius 2 is 1.93 bits per heavy atom. The van der Waals surface area contributed by atoms with E-state index in [-0.39, 0.29) is 24.3 Å². The number of rotatable bonds is 6. The molecule has 0 N–H and O–H groups in total. The highest BCUT2D eigenvalue weighted by molar-refractivity contribution is 7.98. The first-order valence-corrected chi connectivity index (χ1v) is 10.3. The van der Waals surface area contributed by atoms with E-state index in [0.29, 0.717) is 37.1 Å². The monoisotopic (exact) mass is 395 g/mol. The summed E-state index contributed by atoms with van der Waals surface area (Å²) in [5.41, 5.74) is 1.07. The summed E-state index contributed by atoms with van der Waals surface area (Å²) >= 11 is 1.61. The van der Waals surface area contributed by atoms with Crippen molar-refractivity contribution in [3.8, 4) is 6.07 Å². The minimum absolute atomic E-state index is 0.194. The molecule has 1 aliphatic heterocycles. The van der Waals surface area contributed by atoms with Crippen LogP contribution in [0.5, 0.6) is 0 Å². The summed E-state index contributed by atoms with van der Waals surface area (Å²) in [6.07, 6.45) is 4.82. The number of carbonyl (C=O) groups excluding carboxylic acids is 2. The molecule has 0 amide bonds. The fourth-order valence-corrected chi connectivity index (χ4v) is 3.51. The van der Waals surface area contributed by atoms with Gasteiger partial charge in [-0.3, -0.25) is 9.59 Å². The van der Waals surface area contributed by atoms with E-state index in [1.807, 2.05) is 30.5 Å².